The average Bonchev–Trinajstić information content (AvgIpc) is 2.16. The van der Waals surface area contributed by atoms with Gasteiger partial charge in [-0.2, -0.15) is 0 Å². The minimum atomic E-state index is -0.189. The van der Waals surface area contributed by atoms with E-state index >= 15 is 0 Å². The maximum Gasteiger partial charge on any atom is 0.125 e. The first-order valence-corrected chi connectivity index (χ1v) is 5.15. The Labute approximate surface area is 85.3 Å². The molecule has 0 bridgehead atoms. The van der Waals surface area contributed by atoms with Crippen LogP contribution in [-0.4, -0.2) is 6.04 Å². The molecule has 14 heavy (non-hydrogen) atoms. The molecule has 0 unspecified atom stereocenters. The molecule has 1 aromatic rings. The minimum absolute atomic E-state index is 0.189. The number of halogens is 1. The maximum absolute atomic E-state index is 12.9. The molecule has 2 atom stereocenters. The number of anilines is 1. The lowest BCUT2D eigenvalue weighted by atomic mass is 10.0. The van der Waals surface area contributed by atoms with Crippen LogP contribution in [0.15, 0.2) is 24.3 Å². The summed E-state index contributed by atoms with van der Waals surface area (Å²) in [5, 5.41) is 3.29. The molecular formula is C12H18FN. The smallest absolute Gasteiger partial charge is 0.125 e. The largest absolute Gasteiger partial charge is 0.382 e. The Hall–Kier alpha value is -1.05. The Morgan fingerprint density at radius 3 is 2.64 bits per heavy atom. The highest BCUT2D eigenvalue weighted by molar-refractivity contribution is 5.43. The van der Waals surface area contributed by atoms with Crippen LogP contribution in [0.3, 0.4) is 0 Å². The molecule has 0 amide bonds. The van der Waals surface area contributed by atoms with Crippen molar-refractivity contribution in [2.75, 3.05) is 5.32 Å². The molecule has 0 radical (unpaired) electrons. The highest BCUT2D eigenvalue weighted by Crippen LogP contribution is 2.15. The molecule has 0 aliphatic heterocycles. The fourth-order valence-electron chi connectivity index (χ4n) is 1.34. The van der Waals surface area contributed by atoms with Gasteiger partial charge >= 0.3 is 0 Å². The molecule has 1 nitrogen and oxygen atoms in total. The van der Waals surface area contributed by atoms with Crippen LogP contribution in [0.1, 0.15) is 27.2 Å². The summed E-state index contributed by atoms with van der Waals surface area (Å²) in [5.41, 5.74) is 0.859. The van der Waals surface area contributed by atoms with Crippen molar-refractivity contribution < 1.29 is 4.39 Å². The number of nitrogens with one attached hydrogen (secondary N) is 1. The van der Waals surface area contributed by atoms with E-state index in [2.05, 4.69) is 26.1 Å². The van der Waals surface area contributed by atoms with Gasteiger partial charge in [0.2, 0.25) is 0 Å². The Balaban J connectivity index is 2.60. The summed E-state index contributed by atoms with van der Waals surface area (Å²) in [5.74, 6) is 0.407. The third-order valence-electron chi connectivity index (χ3n) is 2.72. The van der Waals surface area contributed by atoms with Gasteiger partial charge in [-0.15, -0.1) is 0 Å². The van der Waals surface area contributed by atoms with Gasteiger partial charge in [0.1, 0.15) is 5.82 Å². The monoisotopic (exact) mass is 195 g/mol. The van der Waals surface area contributed by atoms with Crippen LogP contribution in [0.25, 0.3) is 0 Å². The maximum atomic E-state index is 12.9. The van der Waals surface area contributed by atoms with Gasteiger partial charge in [-0.25, -0.2) is 4.39 Å². The van der Waals surface area contributed by atoms with Crippen LogP contribution in [0.4, 0.5) is 10.1 Å². The molecule has 0 fully saturated rings. The lowest BCUT2D eigenvalue weighted by molar-refractivity contribution is 0.494. The van der Waals surface area contributed by atoms with Crippen molar-refractivity contribution in [1.29, 1.82) is 0 Å². The lowest BCUT2D eigenvalue weighted by Gasteiger charge is -2.20. The van der Waals surface area contributed by atoms with Crippen molar-refractivity contribution in [1.82, 2.24) is 0 Å². The molecule has 0 aromatic heterocycles. The highest BCUT2D eigenvalue weighted by Gasteiger charge is 2.09. The van der Waals surface area contributed by atoms with Crippen molar-refractivity contribution in [3.8, 4) is 0 Å². The Kier molecular flexibility index (Phi) is 3.93. The molecule has 78 valence electrons. The van der Waals surface area contributed by atoms with E-state index in [0.717, 1.165) is 12.1 Å². The predicted molar refractivity (Wildman–Crippen MR) is 58.9 cm³/mol. The Morgan fingerprint density at radius 2 is 2.07 bits per heavy atom. The topological polar surface area (TPSA) is 12.0 Å². The van der Waals surface area contributed by atoms with Crippen LogP contribution >= 0.6 is 0 Å². The molecule has 1 rings (SSSR count). The molecular weight excluding hydrogens is 177 g/mol. The highest BCUT2D eigenvalue weighted by atomic mass is 19.1. The minimum Gasteiger partial charge on any atom is -0.382 e. The second-order valence-electron chi connectivity index (χ2n) is 3.83. The molecule has 0 spiro atoms. The normalized spacial score (nSPS) is 14.9. The van der Waals surface area contributed by atoms with Gasteiger partial charge in [0.05, 0.1) is 0 Å². The first-order chi connectivity index (χ1) is 6.63. The van der Waals surface area contributed by atoms with Crippen molar-refractivity contribution in [3.63, 3.8) is 0 Å². The fraction of sp³-hybridized carbons (Fsp3) is 0.500. The average molecular weight is 195 g/mol. The van der Waals surface area contributed by atoms with Gasteiger partial charge in [-0.1, -0.05) is 26.3 Å². The van der Waals surface area contributed by atoms with Gasteiger partial charge in [0.15, 0.2) is 0 Å². The summed E-state index contributed by atoms with van der Waals surface area (Å²) in [6.07, 6.45) is 1.13. The molecule has 1 aromatic carbocycles. The lowest BCUT2D eigenvalue weighted by Crippen LogP contribution is -2.23. The van der Waals surface area contributed by atoms with Crippen molar-refractivity contribution in [3.05, 3.63) is 30.1 Å². The molecule has 0 heterocycles. The molecule has 0 aliphatic carbocycles. The van der Waals surface area contributed by atoms with E-state index < -0.39 is 0 Å². The molecule has 0 saturated carbocycles. The third-order valence-corrected chi connectivity index (χ3v) is 2.72. The van der Waals surface area contributed by atoms with E-state index in [1.165, 1.54) is 12.1 Å². The summed E-state index contributed by atoms with van der Waals surface area (Å²) < 4.78 is 12.9. The van der Waals surface area contributed by atoms with Gasteiger partial charge in [-0.05, 0) is 31.0 Å². The second-order valence-corrected chi connectivity index (χ2v) is 3.83. The van der Waals surface area contributed by atoms with E-state index in [0.29, 0.717) is 12.0 Å². The van der Waals surface area contributed by atoms with E-state index in [9.17, 15) is 4.39 Å². The fourth-order valence-corrected chi connectivity index (χ4v) is 1.34. The van der Waals surface area contributed by atoms with Crippen molar-refractivity contribution >= 4 is 5.69 Å². The van der Waals surface area contributed by atoms with Crippen molar-refractivity contribution in [2.45, 2.75) is 33.2 Å². The van der Waals surface area contributed by atoms with Gasteiger partial charge in [-0.3, -0.25) is 0 Å². The predicted octanol–water partition coefficient (Wildman–Crippen LogP) is 3.67. The second kappa shape index (κ2) is 4.99. The van der Waals surface area contributed by atoms with E-state index in [-0.39, 0.29) is 5.82 Å². The van der Waals surface area contributed by atoms with E-state index in [1.807, 2.05) is 6.07 Å². The standard InChI is InChI=1S/C12H18FN/c1-4-9(2)10(3)14-12-7-5-6-11(13)8-12/h5-10,14H,4H2,1-3H3/t9-,10-/m0/s1. The zero-order valence-corrected chi connectivity index (χ0v) is 9.05. The summed E-state index contributed by atoms with van der Waals surface area (Å²) in [4.78, 5) is 0. The number of hydrogen-bond acceptors (Lipinski definition) is 1. The Bertz CT molecular complexity index is 285. The van der Waals surface area contributed by atoms with Gasteiger partial charge < -0.3 is 5.32 Å². The summed E-state index contributed by atoms with van der Waals surface area (Å²) >= 11 is 0. The molecule has 2 heteroatoms. The number of hydrogen-bond donors (Lipinski definition) is 1. The molecule has 1 N–H and O–H groups in total. The summed E-state index contributed by atoms with van der Waals surface area (Å²) in [7, 11) is 0. The first kappa shape index (κ1) is 11.0. The zero-order valence-electron chi connectivity index (χ0n) is 9.05. The summed E-state index contributed by atoms with van der Waals surface area (Å²) in [6, 6.07) is 6.97. The van der Waals surface area contributed by atoms with Crippen LogP contribution in [0, 0.1) is 11.7 Å². The molecule has 0 saturated heterocycles. The van der Waals surface area contributed by atoms with E-state index in [1.54, 1.807) is 6.07 Å². The van der Waals surface area contributed by atoms with Crippen LogP contribution in [0.2, 0.25) is 0 Å². The van der Waals surface area contributed by atoms with Gasteiger partial charge in [0, 0.05) is 11.7 Å². The number of benzene rings is 1. The quantitative estimate of drug-likeness (QED) is 0.773. The van der Waals surface area contributed by atoms with Crippen LogP contribution in [0.5, 0.6) is 0 Å². The first-order valence-electron chi connectivity index (χ1n) is 5.15. The zero-order chi connectivity index (χ0) is 10.6. The Morgan fingerprint density at radius 1 is 1.36 bits per heavy atom. The number of rotatable bonds is 4. The summed E-state index contributed by atoms with van der Waals surface area (Å²) in [6.45, 7) is 6.48. The van der Waals surface area contributed by atoms with Gasteiger partial charge in [0.25, 0.3) is 0 Å². The SMILES string of the molecule is CC[C@H](C)[C@H](C)Nc1cccc(F)c1. The third kappa shape index (κ3) is 3.02. The van der Waals surface area contributed by atoms with Crippen LogP contribution < -0.4 is 5.32 Å². The van der Waals surface area contributed by atoms with Crippen LogP contribution in [-0.2, 0) is 0 Å². The van der Waals surface area contributed by atoms with Crippen molar-refractivity contribution in [2.24, 2.45) is 5.92 Å². The molecule has 0 aliphatic rings. The van der Waals surface area contributed by atoms with E-state index in [4.69, 9.17) is 0 Å².